The first-order valence-electron chi connectivity index (χ1n) is 6.62. The summed E-state index contributed by atoms with van der Waals surface area (Å²) in [5.74, 6) is 0. The molecule has 3 heteroatoms. The Balaban J connectivity index is 1.71. The first-order chi connectivity index (χ1) is 9.83. The Labute approximate surface area is 123 Å². The molecule has 0 aliphatic rings. The van der Waals surface area contributed by atoms with Crippen molar-refractivity contribution >= 4 is 17.0 Å². The molecule has 0 amide bonds. The molecular formula is C17H16N2S. The van der Waals surface area contributed by atoms with Gasteiger partial charge in [-0.3, -0.25) is 0 Å². The van der Waals surface area contributed by atoms with E-state index in [0.29, 0.717) is 0 Å². The summed E-state index contributed by atoms with van der Waals surface area (Å²) in [7, 11) is 0. The molecule has 0 spiro atoms. The van der Waals surface area contributed by atoms with Gasteiger partial charge in [-0.2, -0.15) is 0 Å². The van der Waals surface area contributed by atoms with Crippen molar-refractivity contribution in [2.45, 2.75) is 13.5 Å². The van der Waals surface area contributed by atoms with Crippen LogP contribution in [0.3, 0.4) is 0 Å². The fraction of sp³-hybridized carbons (Fsp3) is 0.118. The van der Waals surface area contributed by atoms with E-state index in [4.69, 9.17) is 0 Å². The molecule has 100 valence electrons. The van der Waals surface area contributed by atoms with Gasteiger partial charge in [-0.15, -0.1) is 11.3 Å². The average Bonchev–Trinajstić information content (AvgIpc) is 2.96. The van der Waals surface area contributed by atoms with Crippen molar-refractivity contribution in [2.75, 3.05) is 5.32 Å². The van der Waals surface area contributed by atoms with Crippen molar-refractivity contribution in [1.82, 2.24) is 4.98 Å². The molecule has 0 fully saturated rings. The van der Waals surface area contributed by atoms with Crippen molar-refractivity contribution in [2.24, 2.45) is 0 Å². The minimum atomic E-state index is 0.766. The molecule has 2 aromatic carbocycles. The summed E-state index contributed by atoms with van der Waals surface area (Å²) in [4.78, 5) is 4.68. The number of thiazole rings is 1. The number of hydrogen-bond acceptors (Lipinski definition) is 3. The number of benzene rings is 2. The molecule has 0 aliphatic carbocycles. The summed E-state index contributed by atoms with van der Waals surface area (Å²) in [6, 6.07) is 18.6. The second-order valence-corrected chi connectivity index (χ2v) is 5.60. The van der Waals surface area contributed by atoms with Crippen LogP contribution in [0.25, 0.3) is 11.3 Å². The third-order valence-corrected chi connectivity index (χ3v) is 4.05. The maximum atomic E-state index is 4.68. The van der Waals surface area contributed by atoms with Crippen molar-refractivity contribution in [1.29, 1.82) is 0 Å². The predicted octanol–water partition coefficient (Wildman–Crippen LogP) is 4.73. The molecule has 2 nitrogen and oxygen atoms in total. The molecule has 1 heterocycles. The third-order valence-electron chi connectivity index (χ3n) is 3.20. The van der Waals surface area contributed by atoms with Crippen molar-refractivity contribution in [3.8, 4) is 11.3 Å². The SMILES string of the molecule is Cc1ccccc1NCc1nc(-c2ccccc2)cs1. The standard InChI is InChI=1S/C17H16N2S/c1-13-7-5-6-10-15(13)18-11-17-19-16(12-20-17)14-8-3-2-4-9-14/h2-10,12,18H,11H2,1H3. The van der Waals surface area contributed by atoms with E-state index in [1.807, 2.05) is 24.3 Å². The van der Waals surface area contributed by atoms with E-state index in [2.05, 4.69) is 52.9 Å². The number of aryl methyl sites for hydroxylation is 1. The summed E-state index contributed by atoms with van der Waals surface area (Å²) in [5, 5.41) is 6.66. The summed E-state index contributed by atoms with van der Waals surface area (Å²) < 4.78 is 0. The van der Waals surface area contributed by atoms with Gasteiger partial charge in [0.25, 0.3) is 0 Å². The Kier molecular flexibility index (Phi) is 3.79. The summed E-state index contributed by atoms with van der Waals surface area (Å²) in [6.45, 7) is 2.88. The Morgan fingerprint density at radius 2 is 1.75 bits per heavy atom. The largest absolute Gasteiger partial charge is 0.378 e. The summed E-state index contributed by atoms with van der Waals surface area (Å²) >= 11 is 1.70. The summed E-state index contributed by atoms with van der Waals surface area (Å²) in [5.41, 5.74) is 4.65. The lowest BCUT2D eigenvalue weighted by molar-refractivity contribution is 1.10. The zero-order chi connectivity index (χ0) is 13.8. The maximum absolute atomic E-state index is 4.68. The first-order valence-corrected chi connectivity index (χ1v) is 7.50. The van der Waals surface area contributed by atoms with Gasteiger partial charge in [0, 0.05) is 16.6 Å². The fourth-order valence-corrected chi connectivity index (χ4v) is 2.82. The number of aromatic nitrogens is 1. The highest BCUT2D eigenvalue weighted by Gasteiger charge is 2.04. The lowest BCUT2D eigenvalue weighted by Crippen LogP contribution is -2.00. The van der Waals surface area contributed by atoms with E-state index >= 15 is 0 Å². The van der Waals surface area contributed by atoms with Crippen molar-refractivity contribution < 1.29 is 0 Å². The van der Waals surface area contributed by atoms with E-state index < -0.39 is 0 Å². The lowest BCUT2D eigenvalue weighted by atomic mass is 10.2. The fourth-order valence-electron chi connectivity index (χ4n) is 2.08. The van der Waals surface area contributed by atoms with Crippen LogP contribution in [-0.2, 0) is 6.54 Å². The van der Waals surface area contributed by atoms with E-state index in [9.17, 15) is 0 Å². The number of nitrogens with zero attached hydrogens (tertiary/aromatic N) is 1. The molecule has 0 unspecified atom stereocenters. The molecule has 0 aliphatic heterocycles. The minimum Gasteiger partial charge on any atom is -0.378 e. The molecule has 0 radical (unpaired) electrons. The molecule has 0 saturated heterocycles. The highest BCUT2D eigenvalue weighted by Crippen LogP contribution is 2.22. The molecule has 20 heavy (non-hydrogen) atoms. The molecule has 3 aromatic rings. The second kappa shape index (κ2) is 5.88. The quantitative estimate of drug-likeness (QED) is 0.747. The van der Waals surface area contributed by atoms with Crippen LogP contribution in [0.5, 0.6) is 0 Å². The third kappa shape index (κ3) is 2.89. The first kappa shape index (κ1) is 12.9. The predicted molar refractivity (Wildman–Crippen MR) is 86.1 cm³/mol. The Morgan fingerprint density at radius 1 is 1.00 bits per heavy atom. The van der Waals surface area contributed by atoms with Crippen LogP contribution < -0.4 is 5.32 Å². The van der Waals surface area contributed by atoms with Crippen LogP contribution >= 0.6 is 11.3 Å². The number of nitrogens with one attached hydrogen (secondary N) is 1. The minimum absolute atomic E-state index is 0.766. The number of rotatable bonds is 4. The molecule has 0 atom stereocenters. The number of para-hydroxylation sites is 1. The van der Waals surface area contributed by atoms with Crippen molar-refractivity contribution in [3.63, 3.8) is 0 Å². The molecule has 0 bridgehead atoms. The molecule has 1 N–H and O–H groups in total. The monoisotopic (exact) mass is 280 g/mol. The van der Waals surface area contributed by atoms with Gasteiger partial charge >= 0.3 is 0 Å². The smallest absolute Gasteiger partial charge is 0.112 e. The van der Waals surface area contributed by atoms with Gasteiger partial charge < -0.3 is 5.32 Å². The Morgan fingerprint density at radius 3 is 2.55 bits per heavy atom. The highest BCUT2D eigenvalue weighted by molar-refractivity contribution is 7.09. The summed E-state index contributed by atoms with van der Waals surface area (Å²) in [6.07, 6.45) is 0. The number of anilines is 1. The topological polar surface area (TPSA) is 24.9 Å². The van der Waals surface area contributed by atoms with Crippen LogP contribution in [0.15, 0.2) is 60.0 Å². The molecular weight excluding hydrogens is 264 g/mol. The van der Waals surface area contributed by atoms with Gasteiger partial charge in [-0.1, -0.05) is 48.5 Å². The van der Waals surface area contributed by atoms with Crippen LogP contribution in [0, 0.1) is 6.92 Å². The maximum Gasteiger partial charge on any atom is 0.112 e. The Hall–Kier alpha value is -2.13. The Bertz CT molecular complexity index is 689. The van der Waals surface area contributed by atoms with Gasteiger partial charge in [0.05, 0.1) is 12.2 Å². The van der Waals surface area contributed by atoms with E-state index in [-0.39, 0.29) is 0 Å². The second-order valence-electron chi connectivity index (χ2n) is 4.66. The highest BCUT2D eigenvalue weighted by atomic mass is 32.1. The van der Waals surface area contributed by atoms with Crippen molar-refractivity contribution in [3.05, 3.63) is 70.5 Å². The van der Waals surface area contributed by atoms with Gasteiger partial charge in [0.15, 0.2) is 0 Å². The van der Waals surface area contributed by atoms with Gasteiger partial charge in [-0.05, 0) is 18.6 Å². The van der Waals surface area contributed by atoms with Crippen LogP contribution in [0.2, 0.25) is 0 Å². The van der Waals surface area contributed by atoms with Crippen LogP contribution in [-0.4, -0.2) is 4.98 Å². The normalized spacial score (nSPS) is 10.4. The van der Waals surface area contributed by atoms with E-state index in [1.165, 1.54) is 16.8 Å². The lowest BCUT2D eigenvalue weighted by Gasteiger charge is -2.07. The zero-order valence-electron chi connectivity index (χ0n) is 11.3. The number of hydrogen-bond donors (Lipinski definition) is 1. The van der Waals surface area contributed by atoms with Crippen LogP contribution in [0.1, 0.15) is 10.6 Å². The molecule has 3 rings (SSSR count). The van der Waals surface area contributed by atoms with E-state index in [1.54, 1.807) is 11.3 Å². The van der Waals surface area contributed by atoms with Gasteiger partial charge in [-0.25, -0.2) is 4.98 Å². The van der Waals surface area contributed by atoms with Crippen LogP contribution in [0.4, 0.5) is 5.69 Å². The van der Waals surface area contributed by atoms with Gasteiger partial charge in [0.2, 0.25) is 0 Å². The average molecular weight is 280 g/mol. The van der Waals surface area contributed by atoms with E-state index in [0.717, 1.165) is 17.2 Å². The zero-order valence-corrected chi connectivity index (χ0v) is 12.2. The van der Waals surface area contributed by atoms with Gasteiger partial charge in [0.1, 0.15) is 5.01 Å². The molecule has 1 aromatic heterocycles. The molecule has 0 saturated carbocycles.